The number of thiophene rings is 2. The lowest BCUT2D eigenvalue weighted by molar-refractivity contribution is 0.673. The molecule has 0 amide bonds. The highest BCUT2D eigenvalue weighted by molar-refractivity contribution is 7.26. The molecule has 12 aromatic rings. The lowest BCUT2D eigenvalue weighted by Gasteiger charge is -2.13. The van der Waals surface area contributed by atoms with Crippen LogP contribution in [0.2, 0.25) is 0 Å². The van der Waals surface area contributed by atoms with Gasteiger partial charge in [0.05, 0.1) is 0 Å². The average molecular weight is 738 g/mol. The number of furan rings is 1. The standard InChI is InChI=1S/C49H27N3OS2/c1-2-11-28(12-3-1)31-16-10-17-35-39(27-38-32-13-4-7-18-40(32)53-46(38)45(31)35)49-51-47(29-21-23-43-36(25-29)33-14-5-8-19-41(33)54-43)50-48(52-49)30-22-24-44-37(26-30)34-15-6-9-20-42(34)55-44/h1-27H. The van der Waals surface area contributed by atoms with E-state index in [0.717, 1.165) is 60.5 Å². The van der Waals surface area contributed by atoms with Crippen molar-refractivity contribution in [1.82, 2.24) is 15.0 Å². The van der Waals surface area contributed by atoms with Crippen LogP contribution in [0.15, 0.2) is 168 Å². The Balaban J connectivity index is 1.17. The minimum Gasteiger partial charge on any atom is -0.455 e. The summed E-state index contributed by atoms with van der Waals surface area (Å²) >= 11 is 3.62. The summed E-state index contributed by atoms with van der Waals surface area (Å²) in [6.45, 7) is 0. The monoisotopic (exact) mass is 737 g/mol. The highest BCUT2D eigenvalue weighted by Crippen LogP contribution is 2.44. The Hall–Kier alpha value is -6.73. The summed E-state index contributed by atoms with van der Waals surface area (Å²) in [5.41, 5.74) is 6.77. The normalized spacial score (nSPS) is 12.0. The molecule has 0 spiro atoms. The first kappa shape index (κ1) is 30.7. The summed E-state index contributed by atoms with van der Waals surface area (Å²) < 4.78 is 11.7. The molecule has 12 rings (SSSR count). The van der Waals surface area contributed by atoms with Crippen LogP contribution in [0.25, 0.3) is 118 Å². The van der Waals surface area contributed by atoms with Crippen molar-refractivity contribution in [2.45, 2.75) is 0 Å². The first-order chi connectivity index (χ1) is 27.2. The van der Waals surface area contributed by atoms with Gasteiger partial charge in [0.25, 0.3) is 0 Å². The third kappa shape index (κ3) is 4.79. The Bertz CT molecular complexity index is 3370. The smallest absolute Gasteiger partial charge is 0.164 e. The fraction of sp³-hybridized carbons (Fsp3) is 0. The van der Waals surface area contributed by atoms with Crippen molar-refractivity contribution < 1.29 is 4.42 Å². The highest BCUT2D eigenvalue weighted by atomic mass is 32.1. The average Bonchev–Trinajstić information content (AvgIpc) is 3.94. The van der Waals surface area contributed by atoms with Gasteiger partial charge in [-0.25, -0.2) is 15.0 Å². The number of hydrogen-bond acceptors (Lipinski definition) is 6. The van der Waals surface area contributed by atoms with Gasteiger partial charge in [0.15, 0.2) is 17.5 Å². The maximum atomic E-state index is 6.69. The number of fused-ring (bicyclic) bond motifs is 11. The first-order valence-electron chi connectivity index (χ1n) is 18.3. The van der Waals surface area contributed by atoms with Crippen LogP contribution in [0.1, 0.15) is 0 Å². The second kappa shape index (κ2) is 11.9. The maximum Gasteiger partial charge on any atom is 0.164 e. The van der Waals surface area contributed by atoms with E-state index >= 15 is 0 Å². The highest BCUT2D eigenvalue weighted by Gasteiger charge is 2.22. The number of para-hydroxylation sites is 1. The molecule has 0 unspecified atom stereocenters. The van der Waals surface area contributed by atoms with Crippen LogP contribution < -0.4 is 0 Å². The molecule has 0 saturated carbocycles. The van der Waals surface area contributed by atoms with E-state index in [4.69, 9.17) is 19.4 Å². The van der Waals surface area contributed by atoms with Crippen LogP contribution in [0.4, 0.5) is 0 Å². The van der Waals surface area contributed by atoms with Crippen molar-refractivity contribution in [1.29, 1.82) is 0 Å². The van der Waals surface area contributed by atoms with Crippen molar-refractivity contribution >= 4 is 95.7 Å². The van der Waals surface area contributed by atoms with Gasteiger partial charge in [-0.05, 0) is 77.2 Å². The molecule has 0 N–H and O–H groups in total. The van der Waals surface area contributed by atoms with E-state index in [2.05, 4.69) is 152 Å². The molecule has 6 heteroatoms. The molecule has 0 bridgehead atoms. The van der Waals surface area contributed by atoms with E-state index in [1.807, 2.05) is 34.8 Å². The molecule has 0 radical (unpaired) electrons. The van der Waals surface area contributed by atoms with Gasteiger partial charge >= 0.3 is 0 Å². The Labute approximate surface area is 322 Å². The number of aromatic nitrogens is 3. The molecule has 0 aliphatic heterocycles. The summed E-state index contributed by atoms with van der Waals surface area (Å²) in [6.07, 6.45) is 0. The molecule has 0 atom stereocenters. The van der Waals surface area contributed by atoms with Gasteiger partial charge in [-0.3, -0.25) is 0 Å². The van der Waals surface area contributed by atoms with Crippen molar-refractivity contribution in [2.24, 2.45) is 0 Å². The van der Waals surface area contributed by atoms with Gasteiger partial charge in [-0.1, -0.05) is 103 Å². The fourth-order valence-electron chi connectivity index (χ4n) is 8.17. The topological polar surface area (TPSA) is 51.8 Å². The zero-order valence-electron chi connectivity index (χ0n) is 29.2. The van der Waals surface area contributed by atoms with E-state index in [0.29, 0.717) is 17.5 Å². The van der Waals surface area contributed by atoms with Crippen LogP contribution >= 0.6 is 22.7 Å². The zero-order chi connectivity index (χ0) is 36.0. The van der Waals surface area contributed by atoms with E-state index in [1.54, 1.807) is 0 Å². The van der Waals surface area contributed by atoms with Crippen LogP contribution in [0.5, 0.6) is 0 Å². The Morgan fingerprint density at radius 3 is 1.56 bits per heavy atom. The molecule has 0 aliphatic carbocycles. The van der Waals surface area contributed by atoms with Crippen molar-refractivity contribution in [3.8, 4) is 45.3 Å². The summed E-state index contributed by atoms with van der Waals surface area (Å²) in [7, 11) is 0. The van der Waals surface area contributed by atoms with Crippen molar-refractivity contribution in [2.75, 3.05) is 0 Å². The van der Waals surface area contributed by atoms with Gasteiger partial charge in [-0.15, -0.1) is 22.7 Å². The van der Waals surface area contributed by atoms with Crippen LogP contribution in [0, 0.1) is 0 Å². The number of hydrogen-bond donors (Lipinski definition) is 0. The summed E-state index contributed by atoms with van der Waals surface area (Å²) in [5, 5.41) is 9.04. The Morgan fingerprint density at radius 2 is 0.891 bits per heavy atom. The van der Waals surface area contributed by atoms with Gasteiger partial charge in [-0.2, -0.15) is 0 Å². The minimum absolute atomic E-state index is 0.618. The maximum absolute atomic E-state index is 6.69. The van der Waals surface area contributed by atoms with E-state index in [1.165, 1.54) is 40.3 Å². The largest absolute Gasteiger partial charge is 0.455 e. The Kier molecular flexibility index (Phi) is 6.64. The molecule has 55 heavy (non-hydrogen) atoms. The summed E-state index contributed by atoms with van der Waals surface area (Å²) in [6, 6.07) is 57.8. The molecule has 4 nitrogen and oxygen atoms in total. The van der Waals surface area contributed by atoms with E-state index in [9.17, 15) is 0 Å². The van der Waals surface area contributed by atoms with Crippen LogP contribution in [-0.4, -0.2) is 15.0 Å². The summed E-state index contributed by atoms with van der Waals surface area (Å²) in [4.78, 5) is 16.0. The molecule has 0 aliphatic rings. The molecular weight excluding hydrogens is 711 g/mol. The molecule has 0 saturated heterocycles. The molecule has 4 aromatic heterocycles. The van der Waals surface area contributed by atoms with Gasteiger partial charge < -0.3 is 4.42 Å². The van der Waals surface area contributed by atoms with Crippen molar-refractivity contribution in [3.63, 3.8) is 0 Å². The lowest BCUT2D eigenvalue weighted by atomic mass is 9.93. The minimum atomic E-state index is 0.618. The predicted molar refractivity (Wildman–Crippen MR) is 232 cm³/mol. The molecular formula is C49H27N3OS2. The molecule has 8 aromatic carbocycles. The van der Waals surface area contributed by atoms with Gasteiger partial charge in [0.2, 0.25) is 0 Å². The molecule has 4 heterocycles. The third-order valence-electron chi connectivity index (χ3n) is 10.7. The second-order valence-electron chi connectivity index (χ2n) is 13.9. The predicted octanol–water partition coefficient (Wildman–Crippen LogP) is 14.3. The van der Waals surface area contributed by atoms with Gasteiger partial charge in [0.1, 0.15) is 11.2 Å². The molecule has 256 valence electrons. The number of nitrogens with zero attached hydrogens (tertiary/aromatic N) is 3. The fourth-order valence-corrected chi connectivity index (χ4v) is 10.3. The van der Waals surface area contributed by atoms with Crippen LogP contribution in [0.3, 0.4) is 0 Å². The van der Waals surface area contributed by atoms with E-state index < -0.39 is 0 Å². The SMILES string of the molecule is c1ccc(-c2cccc3c(-c4nc(-c5ccc6sc7ccccc7c6c5)nc(-c5ccc6sc7ccccc7c6c5)n4)cc4c5ccccc5oc4c23)cc1. The van der Waals surface area contributed by atoms with Crippen molar-refractivity contribution in [3.05, 3.63) is 164 Å². The second-order valence-corrected chi connectivity index (χ2v) is 16.1. The number of rotatable bonds is 4. The third-order valence-corrected chi connectivity index (χ3v) is 13.0. The molecule has 0 fully saturated rings. The summed E-state index contributed by atoms with van der Waals surface area (Å²) in [5.74, 6) is 1.89. The number of benzene rings is 8. The van der Waals surface area contributed by atoms with Crippen LogP contribution in [-0.2, 0) is 0 Å². The lowest BCUT2D eigenvalue weighted by Crippen LogP contribution is -2.01. The zero-order valence-corrected chi connectivity index (χ0v) is 30.8. The quantitative estimate of drug-likeness (QED) is 0.180. The first-order valence-corrected chi connectivity index (χ1v) is 19.9. The van der Waals surface area contributed by atoms with Gasteiger partial charge in [0, 0.05) is 73.2 Å². The Morgan fingerprint density at radius 1 is 0.345 bits per heavy atom. The van der Waals surface area contributed by atoms with E-state index in [-0.39, 0.29) is 0 Å².